The Hall–Kier alpha value is -3.86. The molecule has 0 unspecified atom stereocenters. The first kappa shape index (κ1) is 25.2. The number of nitrogens with zero attached hydrogens (tertiary/aromatic N) is 1. The van der Waals surface area contributed by atoms with Crippen LogP contribution in [0.3, 0.4) is 0 Å². The predicted molar refractivity (Wildman–Crippen MR) is 143 cm³/mol. The van der Waals surface area contributed by atoms with Gasteiger partial charge in [-0.05, 0) is 83.1 Å². The van der Waals surface area contributed by atoms with E-state index in [0.29, 0.717) is 41.7 Å². The van der Waals surface area contributed by atoms with Crippen LogP contribution in [0, 0.1) is 3.57 Å². The van der Waals surface area contributed by atoms with Gasteiger partial charge in [0.1, 0.15) is 17.9 Å². The van der Waals surface area contributed by atoms with Crippen LogP contribution >= 0.6 is 22.6 Å². The highest BCUT2D eigenvalue weighted by molar-refractivity contribution is 14.1. The van der Waals surface area contributed by atoms with Crippen molar-refractivity contribution in [2.45, 2.75) is 13.5 Å². The van der Waals surface area contributed by atoms with Gasteiger partial charge in [-0.25, -0.2) is 9.69 Å². The molecule has 3 aromatic rings. The number of carbonyl (C=O) groups is 3. The number of urea groups is 1. The zero-order valence-corrected chi connectivity index (χ0v) is 21.8. The van der Waals surface area contributed by atoms with Crippen molar-refractivity contribution in [1.29, 1.82) is 0 Å². The number of methoxy groups -OCH3 is 1. The molecular weight excluding hydrogens is 575 g/mol. The second kappa shape index (κ2) is 11.3. The Morgan fingerprint density at radius 3 is 2.36 bits per heavy atom. The molecule has 0 saturated carbocycles. The summed E-state index contributed by atoms with van der Waals surface area (Å²) >= 11 is 2.13. The maximum atomic E-state index is 13.2. The highest BCUT2D eigenvalue weighted by Crippen LogP contribution is 2.36. The summed E-state index contributed by atoms with van der Waals surface area (Å²) in [6, 6.07) is 18.8. The summed E-state index contributed by atoms with van der Waals surface area (Å²) in [6.45, 7) is 2.61. The van der Waals surface area contributed by atoms with Crippen molar-refractivity contribution in [2.24, 2.45) is 0 Å². The van der Waals surface area contributed by atoms with Gasteiger partial charge in [-0.2, -0.15) is 0 Å². The molecule has 0 bridgehead atoms. The largest absolute Gasteiger partial charge is 0.497 e. The van der Waals surface area contributed by atoms with Crippen molar-refractivity contribution in [3.63, 3.8) is 0 Å². The fourth-order valence-electron chi connectivity index (χ4n) is 3.59. The van der Waals surface area contributed by atoms with Gasteiger partial charge in [0.15, 0.2) is 11.5 Å². The molecule has 1 fully saturated rings. The third-order valence-electron chi connectivity index (χ3n) is 5.30. The average Bonchev–Trinajstić information content (AvgIpc) is 2.87. The lowest BCUT2D eigenvalue weighted by atomic mass is 10.1. The molecule has 8 nitrogen and oxygen atoms in total. The van der Waals surface area contributed by atoms with Crippen LogP contribution < -0.4 is 24.4 Å². The van der Waals surface area contributed by atoms with Crippen molar-refractivity contribution in [2.75, 3.05) is 18.6 Å². The Balaban J connectivity index is 1.65. The number of imide groups is 2. The maximum absolute atomic E-state index is 13.2. The van der Waals surface area contributed by atoms with Crippen LogP contribution in [0.25, 0.3) is 6.08 Å². The SMILES string of the molecule is CCOc1cc(/C=C2\C(=O)NC(=O)N(c3ccc(OC)cc3)C2=O)cc(I)c1OCc1ccccc1. The van der Waals surface area contributed by atoms with Gasteiger partial charge in [0.05, 0.1) is 23.0 Å². The van der Waals surface area contributed by atoms with E-state index in [0.717, 1.165) is 14.0 Å². The molecule has 0 aliphatic carbocycles. The molecule has 4 rings (SSSR count). The van der Waals surface area contributed by atoms with E-state index in [9.17, 15) is 14.4 Å². The second-order valence-electron chi connectivity index (χ2n) is 7.69. The fourth-order valence-corrected chi connectivity index (χ4v) is 4.38. The lowest BCUT2D eigenvalue weighted by molar-refractivity contribution is -0.122. The summed E-state index contributed by atoms with van der Waals surface area (Å²) in [6.07, 6.45) is 1.44. The quantitative estimate of drug-likeness (QED) is 0.224. The summed E-state index contributed by atoms with van der Waals surface area (Å²) in [7, 11) is 1.52. The zero-order valence-electron chi connectivity index (χ0n) is 19.6. The number of anilines is 1. The standard InChI is InChI=1S/C27H23IN2O6/c1-3-35-23-15-18(14-22(28)24(23)36-16-17-7-5-4-6-8-17)13-21-25(31)29-27(33)30(26(21)32)19-9-11-20(34-2)12-10-19/h4-15H,3,16H2,1-2H3,(H,29,31,33)/b21-13+. The molecule has 0 atom stereocenters. The van der Waals surface area contributed by atoms with E-state index in [1.165, 1.54) is 13.2 Å². The number of ether oxygens (including phenoxy) is 3. The molecule has 36 heavy (non-hydrogen) atoms. The minimum Gasteiger partial charge on any atom is -0.497 e. The molecule has 1 saturated heterocycles. The number of rotatable bonds is 8. The smallest absolute Gasteiger partial charge is 0.335 e. The van der Waals surface area contributed by atoms with Crippen LogP contribution in [0.1, 0.15) is 18.1 Å². The lowest BCUT2D eigenvalue weighted by Crippen LogP contribution is -2.54. The van der Waals surface area contributed by atoms with Gasteiger partial charge in [0.2, 0.25) is 0 Å². The van der Waals surface area contributed by atoms with Gasteiger partial charge in [0, 0.05) is 0 Å². The topological polar surface area (TPSA) is 94.2 Å². The molecule has 0 aromatic heterocycles. The summed E-state index contributed by atoms with van der Waals surface area (Å²) < 4.78 is 17.7. The molecular formula is C27H23IN2O6. The van der Waals surface area contributed by atoms with E-state index < -0.39 is 17.8 Å². The van der Waals surface area contributed by atoms with E-state index in [1.54, 1.807) is 36.4 Å². The molecule has 1 aliphatic rings. The van der Waals surface area contributed by atoms with E-state index in [-0.39, 0.29) is 5.57 Å². The molecule has 1 N–H and O–H groups in total. The third-order valence-corrected chi connectivity index (χ3v) is 6.10. The molecule has 3 aromatic carbocycles. The normalized spacial score (nSPS) is 14.6. The fraction of sp³-hybridized carbons (Fsp3) is 0.148. The number of carbonyl (C=O) groups excluding carboxylic acids is 3. The van der Waals surface area contributed by atoms with Gasteiger partial charge in [0.25, 0.3) is 11.8 Å². The van der Waals surface area contributed by atoms with Crippen LogP contribution in [0.15, 0.2) is 72.3 Å². The predicted octanol–water partition coefficient (Wildman–Crippen LogP) is 4.94. The Morgan fingerprint density at radius 1 is 0.972 bits per heavy atom. The number of hydrogen-bond acceptors (Lipinski definition) is 6. The first-order chi connectivity index (χ1) is 17.4. The molecule has 9 heteroatoms. The number of barbiturate groups is 1. The van der Waals surface area contributed by atoms with Gasteiger partial charge >= 0.3 is 6.03 Å². The lowest BCUT2D eigenvalue weighted by Gasteiger charge is -2.26. The molecule has 0 radical (unpaired) electrons. The summed E-state index contributed by atoms with van der Waals surface area (Å²) in [5, 5.41) is 2.23. The zero-order chi connectivity index (χ0) is 25.7. The highest BCUT2D eigenvalue weighted by atomic mass is 127. The minimum atomic E-state index is -0.818. The van der Waals surface area contributed by atoms with Gasteiger partial charge in [-0.1, -0.05) is 30.3 Å². The molecule has 184 valence electrons. The van der Waals surface area contributed by atoms with E-state index in [1.807, 2.05) is 37.3 Å². The van der Waals surface area contributed by atoms with Crippen molar-refractivity contribution < 1.29 is 28.6 Å². The Morgan fingerprint density at radius 2 is 1.69 bits per heavy atom. The molecule has 0 spiro atoms. The summed E-state index contributed by atoms with van der Waals surface area (Å²) in [5.74, 6) is 0.123. The molecule has 4 amide bonds. The Kier molecular flexibility index (Phi) is 7.89. The van der Waals surface area contributed by atoms with Gasteiger partial charge < -0.3 is 14.2 Å². The van der Waals surface area contributed by atoms with Gasteiger partial charge in [-0.3, -0.25) is 14.9 Å². The van der Waals surface area contributed by atoms with E-state index >= 15 is 0 Å². The van der Waals surface area contributed by atoms with Crippen LogP contribution in [-0.2, 0) is 16.2 Å². The Bertz CT molecular complexity index is 1320. The van der Waals surface area contributed by atoms with Crippen LogP contribution in [-0.4, -0.2) is 31.6 Å². The number of hydrogen-bond donors (Lipinski definition) is 1. The first-order valence-corrected chi connectivity index (χ1v) is 12.2. The maximum Gasteiger partial charge on any atom is 0.335 e. The molecule has 1 aliphatic heterocycles. The van der Waals surface area contributed by atoms with Crippen LogP contribution in [0.2, 0.25) is 0 Å². The minimum absolute atomic E-state index is 0.179. The van der Waals surface area contributed by atoms with Crippen molar-refractivity contribution in [1.82, 2.24) is 5.32 Å². The first-order valence-electron chi connectivity index (χ1n) is 11.1. The number of halogens is 1. The van der Waals surface area contributed by atoms with Crippen molar-refractivity contribution in [3.8, 4) is 17.2 Å². The number of nitrogens with one attached hydrogen (secondary N) is 1. The van der Waals surface area contributed by atoms with Crippen LogP contribution in [0.5, 0.6) is 17.2 Å². The van der Waals surface area contributed by atoms with Crippen LogP contribution in [0.4, 0.5) is 10.5 Å². The number of amides is 4. The number of benzene rings is 3. The van der Waals surface area contributed by atoms with Crippen molar-refractivity contribution >= 4 is 52.2 Å². The van der Waals surface area contributed by atoms with Gasteiger partial charge in [-0.15, -0.1) is 0 Å². The summed E-state index contributed by atoms with van der Waals surface area (Å²) in [5.41, 5.74) is 1.69. The monoisotopic (exact) mass is 598 g/mol. The molecule has 1 heterocycles. The average molecular weight is 598 g/mol. The van der Waals surface area contributed by atoms with Crippen molar-refractivity contribution in [3.05, 3.63) is 87.0 Å². The van der Waals surface area contributed by atoms with E-state index in [2.05, 4.69) is 27.9 Å². The van der Waals surface area contributed by atoms with E-state index in [4.69, 9.17) is 14.2 Å². The highest BCUT2D eigenvalue weighted by Gasteiger charge is 2.36. The third kappa shape index (κ3) is 5.51. The Labute approximate surface area is 222 Å². The second-order valence-corrected chi connectivity index (χ2v) is 8.86. The summed E-state index contributed by atoms with van der Waals surface area (Å²) in [4.78, 5) is 39.2.